The molecule has 0 saturated carbocycles. The first-order valence-corrected chi connectivity index (χ1v) is 19.3. The van der Waals surface area contributed by atoms with Gasteiger partial charge >= 0.3 is 0 Å². The van der Waals surface area contributed by atoms with E-state index in [0.717, 1.165) is 27.1 Å². The summed E-state index contributed by atoms with van der Waals surface area (Å²) >= 11 is 1.84. The third kappa shape index (κ3) is 5.14. The van der Waals surface area contributed by atoms with Crippen LogP contribution >= 0.6 is 11.3 Å². The molecule has 6 aromatic carbocycles. The Kier molecular flexibility index (Phi) is 7.86. The van der Waals surface area contributed by atoms with E-state index in [-0.39, 0.29) is 0 Å². The Morgan fingerprint density at radius 1 is 0.611 bits per heavy atom. The van der Waals surface area contributed by atoms with Crippen LogP contribution in [-0.2, 0) is 0 Å². The number of hydrogen-bond donors (Lipinski definition) is 0. The van der Waals surface area contributed by atoms with Gasteiger partial charge in [-0.05, 0) is 49.9 Å². The molecule has 256 valence electrons. The second-order valence-electron chi connectivity index (χ2n) is 14.0. The maximum absolute atomic E-state index is 6.41. The van der Waals surface area contributed by atoms with Gasteiger partial charge in [-0.25, -0.2) is 0 Å². The van der Waals surface area contributed by atoms with E-state index in [4.69, 9.17) is 4.42 Å². The molecule has 1 nitrogen and oxygen atoms in total. The third-order valence-corrected chi connectivity index (χ3v) is 12.2. The van der Waals surface area contributed by atoms with Crippen molar-refractivity contribution in [1.29, 1.82) is 0 Å². The zero-order valence-electron chi connectivity index (χ0n) is 29.7. The first-order valence-electron chi connectivity index (χ1n) is 18.5. The highest BCUT2D eigenvalue weighted by molar-refractivity contribution is 7.27. The molecule has 0 N–H and O–H groups in total. The molecule has 0 aliphatic heterocycles. The predicted molar refractivity (Wildman–Crippen MR) is 236 cm³/mol. The second-order valence-corrected chi connectivity index (χ2v) is 15.1. The fourth-order valence-corrected chi connectivity index (χ4v) is 9.87. The lowest BCUT2D eigenvalue weighted by molar-refractivity contribution is 0.580. The van der Waals surface area contributed by atoms with Crippen molar-refractivity contribution in [2.75, 3.05) is 0 Å². The highest BCUT2D eigenvalue weighted by Gasteiger charge is 2.27. The normalized spacial score (nSPS) is 17.6. The molecule has 2 aliphatic rings. The molecule has 2 aromatic heterocycles. The van der Waals surface area contributed by atoms with Crippen molar-refractivity contribution in [2.45, 2.75) is 0 Å². The number of hydrogen-bond acceptors (Lipinski definition) is 2. The lowest BCUT2D eigenvalue weighted by Gasteiger charge is -2.29. The van der Waals surface area contributed by atoms with Crippen molar-refractivity contribution in [1.82, 2.24) is 0 Å². The molecule has 0 spiro atoms. The van der Waals surface area contributed by atoms with Crippen molar-refractivity contribution in [3.05, 3.63) is 204 Å². The van der Waals surface area contributed by atoms with Gasteiger partial charge < -0.3 is 4.42 Å². The molecule has 0 radical (unpaired) electrons. The summed E-state index contributed by atoms with van der Waals surface area (Å²) in [7, 11) is 0. The first kappa shape index (κ1) is 32.2. The molecule has 2 unspecified atom stereocenters. The number of benzene rings is 6. The molecule has 0 amide bonds. The molecular weight excluding hydrogens is 673 g/mol. The SMILES string of the molecule is C=C(\C=C/C=C/C=C/C=c1\c(=C)oc2c3ccccc3c3sc4ccccc4c3c12)c1c2ccccc2c(C2=CC=CC3C=CC=CC23)c2ccccc12. The molecule has 0 saturated heterocycles. The molecule has 8 aromatic rings. The van der Waals surface area contributed by atoms with Gasteiger partial charge in [0, 0.05) is 53.4 Å². The van der Waals surface area contributed by atoms with Gasteiger partial charge in [-0.15, -0.1) is 11.3 Å². The maximum atomic E-state index is 6.41. The molecule has 2 heteroatoms. The summed E-state index contributed by atoms with van der Waals surface area (Å²) in [6.45, 7) is 8.92. The average molecular weight is 709 g/mol. The first-order chi connectivity index (χ1) is 26.7. The van der Waals surface area contributed by atoms with Crippen LogP contribution in [-0.4, -0.2) is 0 Å². The van der Waals surface area contributed by atoms with Crippen LogP contribution in [0.1, 0.15) is 11.1 Å². The zero-order valence-corrected chi connectivity index (χ0v) is 30.5. The van der Waals surface area contributed by atoms with Gasteiger partial charge in [-0.2, -0.15) is 0 Å². The zero-order chi connectivity index (χ0) is 36.2. The monoisotopic (exact) mass is 708 g/mol. The van der Waals surface area contributed by atoms with Crippen LogP contribution in [0.25, 0.3) is 87.3 Å². The van der Waals surface area contributed by atoms with Crippen LogP contribution in [0.5, 0.6) is 0 Å². The standard InChI is InChI=1S/C52H36OS/c1-33(47-39-24-10-12-26-41(39)48(42-27-13-11-25-40(42)47)38-31-18-21-35-20-8-9-23-37(35)38)19-6-4-3-5-7-22-36-34(2)53-51-43-28-14-15-29-44(43)52-50(49(36)51)45-30-16-17-32-46(45)54-52/h3-32,35,37H,1-2H2/b4-3+,7-5+,19-6-,36-22+. The van der Waals surface area contributed by atoms with Gasteiger partial charge in [0.2, 0.25) is 0 Å². The van der Waals surface area contributed by atoms with Crippen LogP contribution in [0.3, 0.4) is 0 Å². The highest BCUT2D eigenvalue weighted by Crippen LogP contribution is 2.46. The van der Waals surface area contributed by atoms with Crippen LogP contribution in [0, 0.1) is 11.8 Å². The Morgan fingerprint density at radius 3 is 2.00 bits per heavy atom. The molecule has 2 heterocycles. The van der Waals surface area contributed by atoms with Crippen molar-refractivity contribution in [3.8, 4) is 0 Å². The smallest absolute Gasteiger partial charge is 0.143 e. The highest BCUT2D eigenvalue weighted by atomic mass is 32.1. The Bertz CT molecular complexity index is 3150. The van der Waals surface area contributed by atoms with Gasteiger partial charge in [-0.1, -0.05) is 189 Å². The molecule has 0 bridgehead atoms. The summed E-state index contributed by atoms with van der Waals surface area (Å²) < 4.78 is 8.97. The maximum Gasteiger partial charge on any atom is 0.143 e. The van der Waals surface area contributed by atoms with E-state index in [0.29, 0.717) is 17.3 Å². The minimum absolute atomic E-state index is 0.319. The molecule has 0 fully saturated rings. The van der Waals surface area contributed by atoms with Gasteiger partial charge in [0.15, 0.2) is 0 Å². The predicted octanol–water partition coefficient (Wildman–Crippen LogP) is 13.1. The van der Waals surface area contributed by atoms with E-state index in [1.165, 1.54) is 63.8 Å². The van der Waals surface area contributed by atoms with Crippen molar-refractivity contribution in [2.24, 2.45) is 11.8 Å². The van der Waals surface area contributed by atoms with E-state index in [1.807, 2.05) is 11.3 Å². The lowest BCUT2D eigenvalue weighted by Crippen LogP contribution is -2.17. The Hall–Kier alpha value is -6.48. The molecule has 2 atom stereocenters. The summed E-state index contributed by atoms with van der Waals surface area (Å²) in [6, 6.07) is 34.8. The molecule has 2 aliphatic carbocycles. The Balaban J connectivity index is 0.995. The number of fused-ring (bicyclic) bond motifs is 11. The number of allylic oxidation sites excluding steroid dienone is 15. The summed E-state index contributed by atoms with van der Waals surface area (Å²) in [5, 5.41) is 11.9. The minimum atomic E-state index is 0.319. The van der Waals surface area contributed by atoms with Gasteiger partial charge in [0.05, 0.1) is 0 Å². The van der Waals surface area contributed by atoms with Crippen molar-refractivity contribution < 1.29 is 4.42 Å². The fraction of sp³-hybridized carbons (Fsp3) is 0.0385. The fourth-order valence-electron chi connectivity index (χ4n) is 8.62. The minimum Gasteiger partial charge on any atom is -0.456 e. The van der Waals surface area contributed by atoms with Crippen LogP contribution in [0.4, 0.5) is 0 Å². The summed E-state index contributed by atoms with van der Waals surface area (Å²) in [5.41, 5.74) is 6.42. The summed E-state index contributed by atoms with van der Waals surface area (Å²) in [5.74, 6) is 0.695. The number of rotatable bonds is 6. The van der Waals surface area contributed by atoms with E-state index >= 15 is 0 Å². The van der Waals surface area contributed by atoms with Crippen molar-refractivity contribution in [3.63, 3.8) is 0 Å². The van der Waals surface area contributed by atoms with E-state index in [2.05, 4.69) is 195 Å². The van der Waals surface area contributed by atoms with Crippen LogP contribution in [0.15, 0.2) is 187 Å². The number of thiophene rings is 1. The Labute approximate surface area is 317 Å². The van der Waals surface area contributed by atoms with E-state index < -0.39 is 0 Å². The van der Waals surface area contributed by atoms with Crippen LogP contribution in [0.2, 0.25) is 0 Å². The average Bonchev–Trinajstić information content (AvgIpc) is 3.76. The summed E-state index contributed by atoms with van der Waals surface area (Å²) in [6.07, 6.45) is 30.4. The van der Waals surface area contributed by atoms with E-state index in [9.17, 15) is 0 Å². The van der Waals surface area contributed by atoms with E-state index in [1.54, 1.807) is 0 Å². The topological polar surface area (TPSA) is 13.1 Å². The molecular formula is C52H36OS. The third-order valence-electron chi connectivity index (χ3n) is 11.0. The Morgan fingerprint density at radius 2 is 1.22 bits per heavy atom. The summed E-state index contributed by atoms with van der Waals surface area (Å²) in [4.78, 5) is 0. The van der Waals surface area contributed by atoms with Crippen LogP contribution < -0.4 is 10.6 Å². The van der Waals surface area contributed by atoms with Gasteiger partial charge in [0.25, 0.3) is 0 Å². The molecule has 54 heavy (non-hydrogen) atoms. The van der Waals surface area contributed by atoms with Gasteiger partial charge in [-0.3, -0.25) is 0 Å². The van der Waals surface area contributed by atoms with Gasteiger partial charge in [0.1, 0.15) is 11.0 Å². The quantitative estimate of drug-likeness (QED) is 0.124. The number of furan rings is 1. The second kappa shape index (κ2) is 13.2. The molecule has 10 rings (SSSR count). The van der Waals surface area contributed by atoms with Crippen molar-refractivity contribution >= 4 is 98.6 Å². The largest absolute Gasteiger partial charge is 0.456 e. The lowest BCUT2D eigenvalue weighted by atomic mass is 9.74.